The molecule has 0 radical (unpaired) electrons. The van der Waals surface area contributed by atoms with Gasteiger partial charge in [0.25, 0.3) is 5.91 Å². The molecule has 1 aromatic heterocycles. The zero-order chi connectivity index (χ0) is 20.2. The minimum absolute atomic E-state index is 0.169. The van der Waals surface area contributed by atoms with E-state index in [0.29, 0.717) is 41.7 Å². The van der Waals surface area contributed by atoms with E-state index in [1.807, 2.05) is 42.5 Å². The number of hydrogen-bond donors (Lipinski definition) is 2. The number of amides is 3. The van der Waals surface area contributed by atoms with Gasteiger partial charge in [0.2, 0.25) is 0 Å². The van der Waals surface area contributed by atoms with Crippen molar-refractivity contribution < 1.29 is 14.3 Å². The Morgan fingerprint density at radius 2 is 1.86 bits per heavy atom. The van der Waals surface area contributed by atoms with E-state index in [2.05, 4.69) is 15.6 Å². The van der Waals surface area contributed by atoms with Crippen LogP contribution in [0, 0.1) is 0 Å². The molecule has 0 spiro atoms. The molecule has 2 N–H and O–H groups in total. The summed E-state index contributed by atoms with van der Waals surface area (Å²) in [5.74, 6) is 0.829. The Morgan fingerprint density at radius 3 is 2.66 bits per heavy atom. The third-order valence-corrected chi connectivity index (χ3v) is 4.59. The highest BCUT2D eigenvalue weighted by molar-refractivity contribution is 6.02. The largest absolute Gasteiger partial charge is 0.488 e. The smallest absolute Gasteiger partial charge is 0.327 e. The lowest BCUT2D eigenvalue weighted by Gasteiger charge is -2.28. The van der Waals surface area contributed by atoms with E-state index in [4.69, 9.17) is 4.74 Å². The molecule has 1 aliphatic rings. The number of fused-ring (bicyclic) bond motifs is 1. The van der Waals surface area contributed by atoms with Crippen LogP contribution in [0.3, 0.4) is 0 Å². The van der Waals surface area contributed by atoms with E-state index >= 15 is 0 Å². The highest BCUT2D eigenvalue weighted by Gasteiger charge is 2.26. The second kappa shape index (κ2) is 8.02. The molecular weight excluding hydrogens is 368 g/mol. The van der Waals surface area contributed by atoms with Crippen molar-refractivity contribution in [2.45, 2.75) is 0 Å². The van der Waals surface area contributed by atoms with Crippen LogP contribution in [-0.2, 0) is 0 Å². The molecule has 146 valence electrons. The zero-order valence-electron chi connectivity index (χ0n) is 15.9. The minimum atomic E-state index is -0.274. The summed E-state index contributed by atoms with van der Waals surface area (Å²) in [6.45, 7) is 0.781. The van der Waals surface area contributed by atoms with Crippen molar-refractivity contribution in [2.75, 3.05) is 30.4 Å². The number of carbonyl (C=O) groups excluding carboxylic acids is 2. The van der Waals surface area contributed by atoms with Crippen LogP contribution in [0.25, 0.3) is 11.3 Å². The molecule has 7 nitrogen and oxygen atoms in total. The van der Waals surface area contributed by atoms with Gasteiger partial charge in [0.1, 0.15) is 6.61 Å². The predicted molar refractivity (Wildman–Crippen MR) is 111 cm³/mol. The first kappa shape index (κ1) is 18.5. The topological polar surface area (TPSA) is 83.6 Å². The van der Waals surface area contributed by atoms with Gasteiger partial charge in [0.15, 0.2) is 11.6 Å². The SMILES string of the molecule is CNC(=O)c1cccc(-c2ccc3c(n2)N(C(=O)Nc2ccccc2)CCO3)c1. The average molecular weight is 388 g/mol. The molecule has 2 heterocycles. The first-order chi connectivity index (χ1) is 14.2. The molecule has 0 bridgehead atoms. The Morgan fingerprint density at radius 1 is 1.03 bits per heavy atom. The number of urea groups is 1. The normalized spacial score (nSPS) is 12.5. The number of hydrogen-bond acceptors (Lipinski definition) is 4. The first-order valence-electron chi connectivity index (χ1n) is 9.25. The monoisotopic (exact) mass is 388 g/mol. The predicted octanol–water partition coefficient (Wildman–Crippen LogP) is 3.54. The summed E-state index contributed by atoms with van der Waals surface area (Å²) in [4.78, 5) is 31.0. The standard InChI is InChI=1S/C22H20N4O3/c1-23-21(27)16-7-5-6-15(14-16)18-10-11-19-20(25-18)26(12-13-29-19)22(28)24-17-8-3-2-4-9-17/h2-11,14H,12-13H2,1H3,(H,23,27)(H,24,28). The minimum Gasteiger partial charge on any atom is -0.488 e. The van der Waals surface area contributed by atoms with Gasteiger partial charge in [-0.2, -0.15) is 0 Å². The number of para-hydroxylation sites is 1. The molecule has 0 aliphatic carbocycles. The van der Waals surface area contributed by atoms with E-state index in [-0.39, 0.29) is 11.9 Å². The van der Waals surface area contributed by atoms with Gasteiger partial charge in [0, 0.05) is 23.9 Å². The second-order valence-corrected chi connectivity index (χ2v) is 6.47. The van der Waals surface area contributed by atoms with Crippen molar-refractivity contribution in [3.05, 3.63) is 72.3 Å². The van der Waals surface area contributed by atoms with E-state index in [9.17, 15) is 9.59 Å². The molecule has 0 unspecified atom stereocenters. The van der Waals surface area contributed by atoms with Crippen LogP contribution in [0.4, 0.5) is 16.3 Å². The molecular formula is C22H20N4O3. The molecule has 0 atom stereocenters. The fourth-order valence-corrected chi connectivity index (χ4v) is 3.13. The molecule has 4 rings (SSSR count). The number of benzene rings is 2. The number of pyridine rings is 1. The fraction of sp³-hybridized carbons (Fsp3) is 0.136. The van der Waals surface area contributed by atoms with Gasteiger partial charge in [-0.1, -0.05) is 30.3 Å². The molecule has 0 saturated heterocycles. The van der Waals surface area contributed by atoms with Crippen LogP contribution >= 0.6 is 0 Å². The highest BCUT2D eigenvalue weighted by Crippen LogP contribution is 2.33. The van der Waals surface area contributed by atoms with Crippen molar-refractivity contribution in [3.8, 4) is 17.0 Å². The maximum atomic E-state index is 12.8. The number of nitrogens with one attached hydrogen (secondary N) is 2. The molecule has 29 heavy (non-hydrogen) atoms. The maximum absolute atomic E-state index is 12.8. The van der Waals surface area contributed by atoms with Gasteiger partial charge in [0.05, 0.1) is 12.2 Å². The number of carbonyl (C=O) groups is 2. The Balaban J connectivity index is 1.65. The fourth-order valence-electron chi connectivity index (χ4n) is 3.13. The quantitative estimate of drug-likeness (QED) is 0.719. The third-order valence-electron chi connectivity index (χ3n) is 4.59. The van der Waals surface area contributed by atoms with Crippen LogP contribution in [0.1, 0.15) is 10.4 Å². The number of anilines is 2. The van der Waals surface area contributed by atoms with Crippen molar-refractivity contribution in [1.82, 2.24) is 10.3 Å². The van der Waals surface area contributed by atoms with Crippen molar-refractivity contribution >= 4 is 23.4 Å². The van der Waals surface area contributed by atoms with Crippen LogP contribution in [0.2, 0.25) is 0 Å². The first-order valence-corrected chi connectivity index (χ1v) is 9.25. The van der Waals surface area contributed by atoms with Gasteiger partial charge < -0.3 is 15.4 Å². The Hall–Kier alpha value is -3.87. The van der Waals surface area contributed by atoms with E-state index in [1.165, 1.54) is 0 Å². The Kier molecular flexibility index (Phi) is 5.11. The summed E-state index contributed by atoms with van der Waals surface area (Å²) in [7, 11) is 1.59. The molecule has 0 fully saturated rings. The van der Waals surface area contributed by atoms with Gasteiger partial charge >= 0.3 is 6.03 Å². The van der Waals surface area contributed by atoms with Gasteiger partial charge in [-0.25, -0.2) is 9.78 Å². The molecule has 3 aromatic rings. The number of rotatable bonds is 3. The third kappa shape index (κ3) is 3.89. The van der Waals surface area contributed by atoms with E-state index in [1.54, 1.807) is 36.2 Å². The lowest BCUT2D eigenvalue weighted by molar-refractivity contribution is 0.0963. The van der Waals surface area contributed by atoms with Gasteiger partial charge in [-0.3, -0.25) is 9.69 Å². The summed E-state index contributed by atoms with van der Waals surface area (Å²) in [6.07, 6.45) is 0. The van der Waals surface area contributed by atoms with Crippen LogP contribution in [-0.4, -0.2) is 37.1 Å². The summed E-state index contributed by atoms with van der Waals surface area (Å²) in [6, 6.07) is 19.8. The van der Waals surface area contributed by atoms with Crippen molar-refractivity contribution in [3.63, 3.8) is 0 Å². The van der Waals surface area contributed by atoms with Crippen LogP contribution in [0.15, 0.2) is 66.7 Å². The van der Waals surface area contributed by atoms with Gasteiger partial charge in [-0.15, -0.1) is 0 Å². The van der Waals surface area contributed by atoms with Crippen LogP contribution < -0.4 is 20.3 Å². The molecule has 0 saturated carbocycles. The van der Waals surface area contributed by atoms with Gasteiger partial charge in [-0.05, 0) is 36.4 Å². The molecule has 1 aliphatic heterocycles. The van der Waals surface area contributed by atoms with Crippen LogP contribution in [0.5, 0.6) is 5.75 Å². The zero-order valence-corrected chi connectivity index (χ0v) is 15.9. The average Bonchev–Trinajstić information content (AvgIpc) is 2.78. The lowest BCUT2D eigenvalue weighted by atomic mass is 10.1. The number of ether oxygens (including phenoxy) is 1. The highest BCUT2D eigenvalue weighted by atomic mass is 16.5. The van der Waals surface area contributed by atoms with E-state index < -0.39 is 0 Å². The lowest BCUT2D eigenvalue weighted by Crippen LogP contribution is -2.41. The summed E-state index contributed by atoms with van der Waals surface area (Å²) < 4.78 is 5.68. The Labute approximate surface area is 168 Å². The van der Waals surface area contributed by atoms with Crippen molar-refractivity contribution in [1.29, 1.82) is 0 Å². The Bertz CT molecular complexity index is 1050. The number of aromatic nitrogens is 1. The summed E-state index contributed by atoms with van der Waals surface area (Å²) in [5, 5.41) is 5.50. The molecule has 3 amide bonds. The number of nitrogens with zero attached hydrogens (tertiary/aromatic N) is 2. The molecule has 7 heteroatoms. The van der Waals surface area contributed by atoms with E-state index in [0.717, 1.165) is 5.56 Å². The summed E-state index contributed by atoms with van der Waals surface area (Å²) in [5.41, 5.74) is 2.68. The molecule has 2 aromatic carbocycles. The summed E-state index contributed by atoms with van der Waals surface area (Å²) >= 11 is 0. The van der Waals surface area contributed by atoms with Crippen molar-refractivity contribution in [2.24, 2.45) is 0 Å². The maximum Gasteiger partial charge on any atom is 0.327 e. The second-order valence-electron chi connectivity index (χ2n) is 6.47.